The van der Waals surface area contributed by atoms with E-state index in [4.69, 9.17) is 4.42 Å². The van der Waals surface area contributed by atoms with Crippen molar-refractivity contribution in [1.82, 2.24) is 19.9 Å². The Morgan fingerprint density at radius 1 is 1.31 bits per heavy atom. The molecule has 26 heavy (non-hydrogen) atoms. The van der Waals surface area contributed by atoms with E-state index < -0.39 is 0 Å². The van der Waals surface area contributed by atoms with Gasteiger partial charge < -0.3 is 14.6 Å². The fourth-order valence-electron chi connectivity index (χ4n) is 2.99. The molecule has 1 N–H and O–H groups in total. The molecule has 0 aliphatic heterocycles. The largest absolute Gasteiger partial charge is 0.442 e. The summed E-state index contributed by atoms with van der Waals surface area (Å²) >= 11 is 0. The van der Waals surface area contributed by atoms with Crippen LogP contribution in [0, 0.1) is 6.92 Å². The summed E-state index contributed by atoms with van der Waals surface area (Å²) in [5.74, 6) is 1.06. The van der Waals surface area contributed by atoms with E-state index in [1.165, 1.54) is 6.33 Å². The van der Waals surface area contributed by atoms with E-state index in [1.54, 1.807) is 25.1 Å². The van der Waals surface area contributed by atoms with Gasteiger partial charge in [0.2, 0.25) is 5.71 Å². The van der Waals surface area contributed by atoms with Gasteiger partial charge in [-0.05, 0) is 38.8 Å². The van der Waals surface area contributed by atoms with Crippen LogP contribution in [0.25, 0.3) is 11.1 Å². The SMILES string of the molecule is Cc1oc2ncnc(NC3(C)CC3)c2c1C(=O)N(C)Cc1ccccn1. The smallest absolute Gasteiger partial charge is 0.258 e. The second-order valence-electron chi connectivity index (χ2n) is 7.10. The van der Waals surface area contributed by atoms with Crippen molar-refractivity contribution >= 4 is 22.8 Å². The quantitative estimate of drug-likeness (QED) is 0.760. The van der Waals surface area contributed by atoms with Crippen LogP contribution in [-0.2, 0) is 6.54 Å². The number of furan rings is 1. The number of anilines is 1. The molecule has 0 unspecified atom stereocenters. The highest BCUT2D eigenvalue weighted by atomic mass is 16.3. The highest BCUT2D eigenvalue weighted by Crippen LogP contribution is 2.40. The maximum absolute atomic E-state index is 13.1. The summed E-state index contributed by atoms with van der Waals surface area (Å²) in [6.07, 6.45) is 5.35. The maximum Gasteiger partial charge on any atom is 0.258 e. The molecular weight excluding hydrogens is 330 g/mol. The summed E-state index contributed by atoms with van der Waals surface area (Å²) in [6.45, 7) is 4.34. The summed E-state index contributed by atoms with van der Waals surface area (Å²) in [5.41, 5.74) is 1.80. The van der Waals surface area contributed by atoms with Gasteiger partial charge in [-0.3, -0.25) is 9.78 Å². The van der Waals surface area contributed by atoms with Crippen molar-refractivity contribution in [2.24, 2.45) is 0 Å². The van der Waals surface area contributed by atoms with Gasteiger partial charge in [0.25, 0.3) is 5.91 Å². The number of carbonyl (C=O) groups is 1. The molecule has 4 rings (SSSR count). The highest BCUT2D eigenvalue weighted by molar-refractivity contribution is 6.10. The summed E-state index contributed by atoms with van der Waals surface area (Å²) in [4.78, 5) is 27.6. The zero-order chi connectivity index (χ0) is 18.3. The van der Waals surface area contributed by atoms with Gasteiger partial charge in [0.15, 0.2) is 0 Å². The molecule has 1 amide bonds. The third-order valence-electron chi connectivity index (χ3n) is 4.77. The van der Waals surface area contributed by atoms with Crippen LogP contribution in [0.1, 0.15) is 41.6 Å². The summed E-state index contributed by atoms with van der Waals surface area (Å²) < 4.78 is 5.74. The van der Waals surface area contributed by atoms with Gasteiger partial charge in [-0.1, -0.05) is 6.07 Å². The minimum absolute atomic E-state index is 0.0344. The highest BCUT2D eigenvalue weighted by Gasteiger charge is 2.38. The molecule has 0 saturated heterocycles. The molecule has 3 aromatic rings. The zero-order valence-electron chi connectivity index (χ0n) is 15.1. The number of amides is 1. The number of aryl methyl sites for hydroxylation is 1. The van der Waals surface area contributed by atoms with Crippen LogP contribution in [0.3, 0.4) is 0 Å². The number of rotatable bonds is 5. The average Bonchev–Trinajstić information content (AvgIpc) is 3.24. The third kappa shape index (κ3) is 3.00. The molecule has 7 heteroatoms. The Bertz CT molecular complexity index is 963. The van der Waals surface area contributed by atoms with Crippen molar-refractivity contribution < 1.29 is 9.21 Å². The van der Waals surface area contributed by atoms with Gasteiger partial charge in [0.05, 0.1) is 23.2 Å². The van der Waals surface area contributed by atoms with Crippen molar-refractivity contribution in [3.8, 4) is 0 Å². The molecule has 0 spiro atoms. The Morgan fingerprint density at radius 3 is 2.81 bits per heavy atom. The van der Waals surface area contributed by atoms with E-state index in [0.717, 1.165) is 18.5 Å². The molecule has 0 aromatic carbocycles. The number of nitrogens with one attached hydrogen (secondary N) is 1. The Morgan fingerprint density at radius 2 is 2.12 bits per heavy atom. The van der Waals surface area contributed by atoms with Crippen molar-refractivity contribution in [1.29, 1.82) is 0 Å². The molecule has 3 aromatic heterocycles. The third-order valence-corrected chi connectivity index (χ3v) is 4.77. The zero-order valence-corrected chi connectivity index (χ0v) is 15.1. The van der Waals surface area contributed by atoms with E-state index in [0.29, 0.717) is 34.8 Å². The van der Waals surface area contributed by atoms with Crippen molar-refractivity contribution in [3.05, 3.63) is 47.7 Å². The van der Waals surface area contributed by atoms with Gasteiger partial charge in [0.1, 0.15) is 17.9 Å². The van der Waals surface area contributed by atoms with Crippen LogP contribution in [0.5, 0.6) is 0 Å². The van der Waals surface area contributed by atoms with Crippen LogP contribution >= 0.6 is 0 Å². The van der Waals surface area contributed by atoms with Crippen LogP contribution in [0.2, 0.25) is 0 Å². The number of nitrogens with zero attached hydrogens (tertiary/aromatic N) is 4. The van der Waals surface area contributed by atoms with Crippen molar-refractivity contribution in [2.75, 3.05) is 12.4 Å². The Kier molecular flexibility index (Phi) is 3.86. The summed E-state index contributed by atoms with van der Waals surface area (Å²) in [5, 5.41) is 4.09. The Balaban J connectivity index is 1.70. The number of hydrogen-bond donors (Lipinski definition) is 1. The second-order valence-corrected chi connectivity index (χ2v) is 7.10. The van der Waals surface area contributed by atoms with E-state index in [9.17, 15) is 4.79 Å². The molecular formula is C19H21N5O2. The molecule has 0 atom stereocenters. The first-order valence-corrected chi connectivity index (χ1v) is 8.64. The van der Waals surface area contributed by atoms with Crippen LogP contribution in [0.15, 0.2) is 35.1 Å². The first kappa shape index (κ1) is 16.5. The van der Waals surface area contributed by atoms with Crippen molar-refractivity contribution in [3.63, 3.8) is 0 Å². The number of pyridine rings is 1. The lowest BCUT2D eigenvalue weighted by Crippen LogP contribution is -2.27. The molecule has 1 aliphatic rings. The summed E-state index contributed by atoms with van der Waals surface area (Å²) in [7, 11) is 1.76. The van der Waals surface area contributed by atoms with E-state index in [1.807, 2.05) is 18.2 Å². The standard InChI is InChI=1S/C19H21N5O2/c1-12-14(18(25)24(3)10-13-6-4-5-9-20-13)15-16(23-19(2)7-8-19)21-11-22-17(15)26-12/h4-6,9,11H,7-8,10H2,1-3H3,(H,21,22,23). The lowest BCUT2D eigenvalue weighted by atomic mass is 10.1. The van der Waals surface area contributed by atoms with Crippen molar-refractivity contribution in [2.45, 2.75) is 38.8 Å². The molecule has 7 nitrogen and oxygen atoms in total. The average molecular weight is 351 g/mol. The molecule has 0 bridgehead atoms. The van der Waals surface area contributed by atoms with Crippen LogP contribution in [-0.4, -0.2) is 38.3 Å². The topological polar surface area (TPSA) is 84.2 Å². The maximum atomic E-state index is 13.1. The van der Waals surface area contributed by atoms with Gasteiger partial charge in [-0.15, -0.1) is 0 Å². The Labute approximate surface area is 151 Å². The Hall–Kier alpha value is -2.96. The first-order valence-electron chi connectivity index (χ1n) is 8.64. The predicted octanol–water partition coefficient (Wildman–Crippen LogP) is 3.16. The normalized spacial score (nSPS) is 15.0. The van der Waals surface area contributed by atoms with E-state index >= 15 is 0 Å². The van der Waals surface area contributed by atoms with Gasteiger partial charge in [0, 0.05) is 18.8 Å². The lowest BCUT2D eigenvalue weighted by molar-refractivity contribution is 0.0783. The minimum Gasteiger partial charge on any atom is -0.442 e. The predicted molar refractivity (Wildman–Crippen MR) is 97.8 cm³/mol. The fraction of sp³-hybridized carbons (Fsp3) is 0.368. The first-order chi connectivity index (χ1) is 12.5. The number of carbonyl (C=O) groups excluding carboxylic acids is 1. The molecule has 3 heterocycles. The molecule has 1 aliphatic carbocycles. The minimum atomic E-state index is -0.134. The molecule has 1 saturated carbocycles. The van der Waals surface area contributed by atoms with E-state index in [-0.39, 0.29) is 11.4 Å². The monoisotopic (exact) mass is 351 g/mol. The van der Waals surface area contributed by atoms with Crippen LogP contribution < -0.4 is 5.32 Å². The molecule has 1 fully saturated rings. The fourth-order valence-corrected chi connectivity index (χ4v) is 2.99. The van der Waals surface area contributed by atoms with E-state index in [2.05, 4.69) is 27.2 Å². The van der Waals surface area contributed by atoms with Gasteiger partial charge in [-0.25, -0.2) is 9.97 Å². The van der Waals surface area contributed by atoms with Gasteiger partial charge in [-0.2, -0.15) is 0 Å². The second kappa shape index (κ2) is 6.09. The number of hydrogen-bond acceptors (Lipinski definition) is 6. The van der Waals surface area contributed by atoms with Gasteiger partial charge >= 0.3 is 0 Å². The van der Waals surface area contributed by atoms with Crippen LogP contribution in [0.4, 0.5) is 5.82 Å². The molecule has 134 valence electrons. The lowest BCUT2D eigenvalue weighted by Gasteiger charge is -2.17. The number of fused-ring (bicyclic) bond motifs is 1. The molecule has 0 radical (unpaired) electrons. The number of aromatic nitrogens is 3. The summed E-state index contributed by atoms with van der Waals surface area (Å²) in [6, 6.07) is 5.66.